The fraction of sp³-hybridized carbons (Fsp3) is 0.625. The van der Waals surface area contributed by atoms with Crippen molar-refractivity contribution < 1.29 is 0 Å². The van der Waals surface area contributed by atoms with Crippen LogP contribution in [0, 0.1) is 0 Å². The van der Waals surface area contributed by atoms with Gasteiger partial charge in [0, 0.05) is 17.6 Å². The summed E-state index contributed by atoms with van der Waals surface area (Å²) in [6.45, 7) is 6.71. The van der Waals surface area contributed by atoms with E-state index in [1.807, 2.05) is 6.07 Å². The van der Waals surface area contributed by atoms with Crippen LogP contribution in [0.25, 0.3) is 0 Å². The van der Waals surface area contributed by atoms with Gasteiger partial charge in [0.05, 0.1) is 10.7 Å². The van der Waals surface area contributed by atoms with Gasteiger partial charge in [0.2, 0.25) is 0 Å². The van der Waals surface area contributed by atoms with Gasteiger partial charge in [-0.3, -0.25) is 0 Å². The van der Waals surface area contributed by atoms with E-state index in [2.05, 4.69) is 46.8 Å². The van der Waals surface area contributed by atoms with Crippen molar-refractivity contribution in [2.45, 2.75) is 52.4 Å². The lowest BCUT2D eigenvalue weighted by molar-refractivity contribution is 0.636. The quantitative estimate of drug-likeness (QED) is 0.475. The number of anilines is 1. The van der Waals surface area contributed by atoms with Crippen LogP contribution in [0.5, 0.6) is 0 Å². The predicted octanol–water partition coefficient (Wildman–Crippen LogP) is 6.29. The molecule has 0 N–H and O–H groups in total. The predicted molar refractivity (Wildman–Crippen MR) is 90.4 cm³/mol. The fourth-order valence-corrected chi connectivity index (χ4v) is 2.99. The van der Waals surface area contributed by atoms with E-state index in [1.54, 1.807) is 0 Å². The van der Waals surface area contributed by atoms with E-state index in [9.17, 15) is 0 Å². The largest absolute Gasteiger partial charge is 0.370 e. The first-order chi connectivity index (χ1) is 9.19. The highest BCUT2D eigenvalue weighted by Gasteiger charge is 2.10. The Morgan fingerprint density at radius 2 is 1.58 bits per heavy atom. The molecule has 0 unspecified atom stereocenters. The lowest BCUT2D eigenvalue weighted by atomic mass is 10.2. The minimum atomic E-state index is 0.849. The molecule has 0 radical (unpaired) electrons. The van der Waals surface area contributed by atoms with Gasteiger partial charge in [-0.2, -0.15) is 0 Å². The Bertz CT molecular complexity index is 358. The molecule has 1 aromatic carbocycles. The molecular formula is C16H25BrClN. The van der Waals surface area contributed by atoms with Gasteiger partial charge in [-0.1, -0.05) is 67.1 Å². The lowest BCUT2D eigenvalue weighted by Crippen LogP contribution is -2.26. The smallest absolute Gasteiger partial charge is 0.0650 e. The fourth-order valence-electron chi connectivity index (χ4n) is 2.20. The van der Waals surface area contributed by atoms with Crippen molar-refractivity contribution in [2.24, 2.45) is 0 Å². The third-order valence-corrected chi connectivity index (χ3v) is 4.11. The average molecular weight is 347 g/mol. The van der Waals surface area contributed by atoms with Crippen LogP contribution < -0.4 is 4.90 Å². The monoisotopic (exact) mass is 345 g/mol. The molecule has 0 aromatic heterocycles. The minimum absolute atomic E-state index is 0.849. The number of hydrogen-bond acceptors (Lipinski definition) is 1. The Morgan fingerprint density at radius 3 is 2.05 bits per heavy atom. The molecule has 3 heteroatoms. The van der Waals surface area contributed by atoms with Crippen LogP contribution in [0.15, 0.2) is 22.7 Å². The molecule has 108 valence electrons. The van der Waals surface area contributed by atoms with Crippen molar-refractivity contribution in [3.8, 4) is 0 Å². The third kappa shape index (κ3) is 6.18. The van der Waals surface area contributed by atoms with Gasteiger partial charge >= 0.3 is 0 Å². The topological polar surface area (TPSA) is 3.24 Å². The minimum Gasteiger partial charge on any atom is -0.370 e. The molecule has 1 nitrogen and oxygen atoms in total. The van der Waals surface area contributed by atoms with E-state index in [-0.39, 0.29) is 0 Å². The zero-order chi connectivity index (χ0) is 14.1. The first kappa shape index (κ1) is 16.8. The number of unbranched alkanes of at least 4 members (excludes halogenated alkanes) is 4. The molecule has 0 saturated heterocycles. The van der Waals surface area contributed by atoms with E-state index in [0.29, 0.717) is 0 Å². The molecule has 0 amide bonds. The van der Waals surface area contributed by atoms with Crippen LogP contribution in [-0.2, 0) is 0 Å². The van der Waals surface area contributed by atoms with E-state index in [4.69, 9.17) is 11.6 Å². The van der Waals surface area contributed by atoms with Gasteiger partial charge in [0.25, 0.3) is 0 Å². The van der Waals surface area contributed by atoms with E-state index in [0.717, 1.165) is 22.6 Å². The molecule has 0 aliphatic heterocycles. The van der Waals surface area contributed by atoms with Gasteiger partial charge in [0.1, 0.15) is 0 Å². The van der Waals surface area contributed by atoms with Gasteiger partial charge in [-0.25, -0.2) is 0 Å². The number of rotatable bonds is 9. The van der Waals surface area contributed by atoms with Gasteiger partial charge in [-0.15, -0.1) is 0 Å². The Labute approximate surface area is 131 Å². The average Bonchev–Trinajstić information content (AvgIpc) is 2.38. The molecule has 0 heterocycles. The van der Waals surface area contributed by atoms with Crippen LogP contribution >= 0.6 is 27.5 Å². The van der Waals surface area contributed by atoms with Crippen LogP contribution in [0.4, 0.5) is 5.69 Å². The Balaban J connectivity index is 2.69. The number of nitrogens with zero attached hydrogens (tertiary/aromatic N) is 1. The van der Waals surface area contributed by atoms with E-state index >= 15 is 0 Å². The highest BCUT2D eigenvalue weighted by molar-refractivity contribution is 9.10. The second kappa shape index (κ2) is 9.66. The maximum absolute atomic E-state index is 6.38. The summed E-state index contributed by atoms with van der Waals surface area (Å²) in [5.41, 5.74) is 1.18. The van der Waals surface area contributed by atoms with Crippen LogP contribution in [0.1, 0.15) is 52.4 Å². The maximum atomic E-state index is 6.38. The molecule has 0 aliphatic rings. The summed E-state index contributed by atoms with van der Waals surface area (Å²) >= 11 is 9.85. The normalized spacial score (nSPS) is 10.7. The molecule has 0 saturated carbocycles. The summed E-state index contributed by atoms with van der Waals surface area (Å²) in [6, 6.07) is 6.20. The molecule has 0 bridgehead atoms. The molecular weight excluding hydrogens is 322 g/mol. The molecule has 0 fully saturated rings. The summed E-state index contributed by atoms with van der Waals surface area (Å²) in [4.78, 5) is 2.44. The zero-order valence-electron chi connectivity index (χ0n) is 12.1. The van der Waals surface area contributed by atoms with E-state index < -0.39 is 0 Å². The Kier molecular flexibility index (Phi) is 8.56. The van der Waals surface area contributed by atoms with Crippen LogP contribution in [-0.4, -0.2) is 13.1 Å². The van der Waals surface area contributed by atoms with Crippen molar-refractivity contribution in [3.63, 3.8) is 0 Å². The van der Waals surface area contributed by atoms with Crippen molar-refractivity contribution >= 4 is 33.2 Å². The summed E-state index contributed by atoms with van der Waals surface area (Å²) in [5, 5.41) is 0.849. The van der Waals surface area contributed by atoms with Gasteiger partial charge < -0.3 is 4.90 Å². The van der Waals surface area contributed by atoms with Crippen molar-refractivity contribution in [2.75, 3.05) is 18.0 Å². The van der Waals surface area contributed by atoms with Crippen LogP contribution in [0.2, 0.25) is 5.02 Å². The molecule has 0 aliphatic carbocycles. The Morgan fingerprint density at radius 1 is 1.00 bits per heavy atom. The molecule has 1 rings (SSSR count). The Hall–Kier alpha value is -0.210. The van der Waals surface area contributed by atoms with Gasteiger partial charge in [0.15, 0.2) is 0 Å². The van der Waals surface area contributed by atoms with Crippen LogP contribution in [0.3, 0.4) is 0 Å². The van der Waals surface area contributed by atoms with E-state index in [1.165, 1.54) is 44.2 Å². The summed E-state index contributed by atoms with van der Waals surface area (Å²) in [7, 11) is 0. The molecule has 0 spiro atoms. The van der Waals surface area contributed by atoms with Crippen molar-refractivity contribution in [1.82, 2.24) is 0 Å². The SMILES string of the molecule is CCCCCN(CCCCC)c1ccc(Br)cc1Cl. The molecule has 1 aromatic rings. The summed E-state index contributed by atoms with van der Waals surface area (Å²) in [6.07, 6.45) is 7.59. The molecule has 0 atom stereocenters. The lowest BCUT2D eigenvalue weighted by Gasteiger charge is -2.26. The number of halogens is 2. The molecule has 19 heavy (non-hydrogen) atoms. The highest BCUT2D eigenvalue weighted by atomic mass is 79.9. The maximum Gasteiger partial charge on any atom is 0.0650 e. The standard InChI is InChI=1S/C16H25BrClN/c1-3-5-7-11-19(12-8-6-4-2)16-10-9-14(17)13-15(16)18/h9-10,13H,3-8,11-12H2,1-2H3. The van der Waals surface area contributed by atoms with Gasteiger partial charge in [-0.05, 0) is 31.0 Å². The first-order valence-electron chi connectivity index (χ1n) is 7.39. The zero-order valence-corrected chi connectivity index (χ0v) is 14.4. The van der Waals surface area contributed by atoms with Crippen molar-refractivity contribution in [3.05, 3.63) is 27.7 Å². The number of benzene rings is 1. The summed E-state index contributed by atoms with van der Waals surface area (Å²) < 4.78 is 1.04. The first-order valence-corrected chi connectivity index (χ1v) is 8.56. The second-order valence-corrected chi connectivity index (χ2v) is 6.32. The number of hydrogen-bond donors (Lipinski definition) is 0. The summed E-state index contributed by atoms with van der Waals surface area (Å²) in [5.74, 6) is 0. The highest BCUT2D eigenvalue weighted by Crippen LogP contribution is 2.29. The third-order valence-electron chi connectivity index (χ3n) is 3.31. The van der Waals surface area contributed by atoms with Crippen molar-refractivity contribution in [1.29, 1.82) is 0 Å². The second-order valence-electron chi connectivity index (χ2n) is 5.00.